The summed E-state index contributed by atoms with van der Waals surface area (Å²) in [7, 11) is 0. The minimum Gasteiger partial charge on any atom is -0.368 e. The lowest BCUT2D eigenvalue weighted by Crippen LogP contribution is -2.52. The Kier molecular flexibility index (Phi) is 5.76. The van der Waals surface area contributed by atoms with Crippen LogP contribution in [0.1, 0.15) is 24.0 Å². The number of nitrogens with zero attached hydrogens (tertiary/aromatic N) is 4. The lowest BCUT2D eigenvalue weighted by Gasteiger charge is -2.39. The smallest absolute Gasteiger partial charge is 0.227 e. The highest BCUT2D eigenvalue weighted by Crippen LogP contribution is 2.34. The fraction of sp³-hybridized carbons (Fsp3) is 0.440. The van der Waals surface area contributed by atoms with Crippen LogP contribution in [0.15, 0.2) is 36.4 Å². The second kappa shape index (κ2) is 8.70. The summed E-state index contributed by atoms with van der Waals surface area (Å²) in [5.41, 5.74) is 4.58. The van der Waals surface area contributed by atoms with Gasteiger partial charge >= 0.3 is 0 Å². The molecule has 32 heavy (non-hydrogen) atoms. The van der Waals surface area contributed by atoms with E-state index in [1.807, 2.05) is 17.0 Å². The van der Waals surface area contributed by atoms with Crippen LogP contribution in [-0.2, 0) is 4.79 Å². The van der Waals surface area contributed by atoms with Crippen molar-refractivity contribution in [3.63, 3.8) is 0 Å². The van der Waals surface area contributed by atoms with Crippen molar-refractivity contribution >= 4 is 38.3 Å². The molecule has 0 unspecified atom stereocenters. The summed E-state index contributed by atoms with van der Waals surface area (Å²) in [6, 6.07) is 11.0. The molecular weight excluding hydrogens is 423 g/mol. The van der Waals surface area contributed by atoms with Gasteiger partial charge in [0, 0.05) is 45.0 Å². The molecule has 2 saturated heterocycles. The molecule has 2 fully saturated rings. The first-order valence-corrected chi connectivity index (χ1v) is 12.2. The van der Waals surface area contributed by atoms with Gasteiger partial charge in [-0.15, -0.1) is 0 Å². The Hall–Kier alpha value is -2.67. The van der Waals surface area contributed by atoms with E-state index < -0.39 is 0 Å². The number of piperazine rings is 1. The topological polar surface area (TPSA) is 39.7 Å². The van der Waals surface area contributed by atoms with Gasteiger partial charge in [-0.25, -0.2) is 9.37 Å². The third kappa shape index (κ3) is 4.18. The van der Waals surface area contributed by atoms with Gasteiger partial charge in [-0.05, 0) is 68.1 Å². The predicted molar refractivity (Wildman–Crippen MR) is 129 cm³/mol. The van der Waals surface area contributed by atoms with Crippen molar-refractivity contribution in [3.8, 4) is 0 Å². The Morgan fingerprint density at radius 1 is 1.03 bits per heavy atom. The summed E-state index contributed by atoms with van der Waals surface area (Å²) in [6.07, 6.45) is 1.95. The third-order valence-corrected chi connectivity index (χ3v) is 7.71. The molecule has 0 bridgehead atoms. The van der Waals surface area contributed by atoms with Gasteiger partial charge in [-0.2, -0.15) is 0 Å². The van der Waals surface area contributed by atoms with Crippen molar-refractivity contribution in [2.75, 3.05) is 49.1 Å². The van der Waals surface area contributed by atoms with Gasteiger partial charge in [0.15, 0.2) is 5.13 Å². The van der Waals surface area contributed by atoms with Crippen molar-refractivity contribution in [1.29, 1.82) is 0 Å². The molecule has 3 aromatic rings. The summed E-state index contributed by atoms with van der Waals surface area (Å²) in [5.74, 6) is 0.0698. The molecule has 168 valence electrons. The zero-order valence-corrected chi connectivity index (χ0v) is 19.5. The molecule has 0 aliphatic carbocycles. The summed E-state index contributed by atoms with van der Waals surface area (Å²) in [6.45, 7) is 8.94. The van der Waals surface area contributed by atoms with E-state index in [-0.39, 0.29) is 17.6 Å². The van der Waals surface area contributed by atoms with Crippen molar-refractivity contribution in [1.82, 2.24) is 9.88 Å². The fourth-order valence-electron chi connectivity index (χ4n) is 4.94. The largest absolute Gasteiger partial charge is 0.368 e. The van der Waals surface area contributed by atoms with Gasteiger partial charge in [0.05, 0.1) is 16.1 Å². The number of hydrogen-bond donors (Lipinski definition) is 0. The van der Waals surface area contributed by atoms with Crippen molar-refractivity contribution in [2.45, 2.75) is 26.7 Å². The van der Waals surface area contributed by atoms with Gasteiger partial charge in [0.1, 0.15) is 5.82 Å². The molecule has 1 amide bonds. The minimum atomic E-state index is -0.220. The van der Waals surface area contributed by atoms with Crippen LogP contribution < -0.4 is 9.80 Å². The van der Waals surface area contributed by atoms with Crippen LogP contribution in [0.25, 0.3) is 10.2 Å². The zero-order chi connectivity index (χ0) is 22.2. The molecule has 5 rings (SSSR count). The van der Waals surface area contributed by atoms with E-state index in [9.17, 15) is 9.18 Å². The van der Waals surface area contributed by atoms with E-state index in [0.717, 1.165) is 55.4 Å². The molecule has 1 atom stereocenters. The second-order valence-corrected chi connectivity index (χ2v) is 10.0. The summed E-state index contributed by atoms with van der Waals surface area (Å²) in [4.78, 5) is 24.8. The van der Waals surface area contributed by atoms with E-state index in [2.05, 4.69) is 35.8 Å². The quantitative estimate of drug-likeness (QED) is 0.582. The number of hydrogen-bond acceptors (Lipinski definition) is 5. The minimum absolute atomic E-state index is 0.0240. The number of aryl methyl sites for hydroxylation is 2. The molecule has 1 aromatic heterocycles. The number of aromatic nitrogens is 1. The zero-order valence-electron chi connectivity index (χ0n) is 18.7. The van der Waals surface area contributed by atoms with Gasteiger partial charge in [0.2, 0.25) is 5.91 Å². The predicted octanol–water partition coefficient (Wildman–Crippen LogP) is 4.62. The Morgan fingerprint density at radius 2 is 1.78 bits per heavy atom. The number of thiazole rings is 1. The number of anilines is 2. The summed E-state index contributed by atoms with van der Waals surface area (Å²) < 4.78 is 14.4. The molecule has 7 heteroatoms. The number of piperidine rings is 1. The molecule has 3 heterocycles. The Morgan fingerprint density at radius 3 is 2.53 bits per heavy atom. The van der Waals surface area contributed by atoms with Crippen LogP contribution in [0.4, 0.5) is 15.2 Å². The third-order valence-electron chi connectivity index (χ3n) is 6.64. The number of carbonyl (C=O) groups excluding carboxylic acids is 1. The number of benzene rings is 2. The maximum absolute atomic E-state index is 13.3. The van der Waals surface area contributed by atoms with E-state index in [4.69, 9.17) is 4.98 Å². The first-order valence-electron chi connectivity index (χ1n) is 11.4. The number of fused-ring (bicyclic) bond motifs is 1. The van der Waals surface area contributed by atoms with E-state index in [1.54, 1.807) is 11.3 Å². The summed E-state index contributed by atoms with van der Waals surface area (Å²) >= 11 is 1.74. The molecular formula is C25H29FN4OS. The van der Waals surface area contributed by atoms with Crippen LogP contribution in [0.5, 0.6) is 0 Å². The average Bonchev–Trinajstić information content (AvgIpc) is 3.24. The fourth-order valence-corrected chi connectivity index (χ4v) is 6.12. The molecule has 0 radical (unpaired) electrons. The molecule has 0 N–H and O–H groups in total. The highest BCUT2D eigenvalue weighted by molar-refractivity contribution is 7.22. The molecule has 2 aromatic carbocycles. The average molecular weight is 453 g/mol. The SMILES string of the molecule is Cc1cc(C)c2nc(N3CCC[C@@H](C(=O)N4CCN(c5ccc(F)cc5)CC4)C3)sc2c1. The molecule has 0 saturated carbocycles. The first kappa shape index (κ1) is 21.2. The monoisotopic (exact) mass is 452 g/mol. The van der Waals surface area contributed by atoms with Crippen molar-refractivity contribution < 1.29 is 9.18 Å². The lowest BCUT2D eigenvalue weighted by atomic mass is 9.96. The highest BCUT2D eigenvalue weighted by Gasteiger charge is 2.32. The van der Waals surface area contributed by atoms with Gasteiger partial charge in [-0.1, -0.05) is 17.4 Å². The molecule has 5 nitrogen and oxygen atoms in total. The number of halogens is 1. The van der Waals surface area contributed by atoms with Crippen LogP contribution in [0.3, 0.4) is 0 Å². The standard InChI is InChI=1S/C25H29FN4OS/c1-17-14-18(2)23-22(15-17)32-25(27-23)30-9-3-4-19(16-30)24(31)29-12-10-28(11-13-29)21-7-5-20(26)6-8-21/h5-8,14-15,19H,3-4,9-13,16H2,1-2H3/t19-/m1/s1. The first-order chi connectivity index (χ1) is 15.5. The van der Waals surface area contributed by atoms with Crippen LogP contribution >= 0.6 is 11.3 Å². The Labute approximate surface area is 192 Å². The lowest BCUT2D eigenvalue weighted by molar-refractivity contribution is -0.136. The van der Waals surface area contributed by atoms with Crippen LogP contribution in [0, 0.1) is 25.6 Å². The van der Waals surface area contributed by atoms with Crippen molar-refractivity contribution in [2.24, 2.45) is 5.92 Å². The number of amides is 1. The number of carbonyl (C=O) groups is 1. The summed E-state index contributed by atoms with van der Waals surface area (Å²) in [5, 5.41) is 1.03. The Balaban J connectivity index is 1.23. The van der Waals surface area contributed by atoms with Gasteiger partial charge in [0.25, 0.3) is 0 Å². The van der Waals surface area contributed by atoms with Gasteiger partial charge < -0.3 is 14.7 Å². The second-order valence-electron chi connectivity index (χ2n) is 9.00. The van der Waals surface area contributed by atoms with E-state index >= 15 is 0 Å². The number of rotatable bonds is 3. The normalized spacial score (nSPS) is 19.6. The van der Waals surface area contributed by atoms with E-state index in [0.29, 0.717) is 13.1 Å². The molecule has 0 spiro atoms. The highest BCUT2D eigenvalue weighted by atomic mass is 32.1. The van der Waals surface area contributed by atoms with E-state index in [1.165, 1.54) is 28.0 Å². The van der Waals surface area contributed by atoms with Crippen LogP contribution in [-0.4, -0.2) is 55.1 Å². The maximum Gasteiger partial charge on any atom is 0.227 e. The van der Waals surface area contributed by atoms with Gasteiger partial charge in [-0.3, -0.25) is 4.79 Å². The Bertz CT molecular complexity index is 1120. The molecule has 2 aliphatic heterocycles. The maximum atomic E-state index is 13.3. The molecule has 2 aliphatic rings. The van der Waals surface area contributed by atoms with Crippen LogP contribution in [0.2, 0.25) is 0 Å². The van der Waals surface area contributed by atoms with Crippen molar-refractivity contribution in [3.05, 3.63) is 53.3 Å².